The van der Waals surface area contributed by atoms with Gasteiger partial charge in [-0.05, 0) is 57.4 Å². The number of nitrogens with zero attached hydrogens (tertiary/aromatic N) is 1. The first-order valence-electron chi connectivity index (χ1n) is 12.4. The fourth-order valence-corrected chi connectivity index (χ4v) is 3.80. The van der Waals surface area contributed by atoms with Crippen molar-refractivity contribution in [2.24, 2.45) is 5.92 Å². The Balaban J connectivity index is 2.48. The van der Waals surface area contributed by atoms with Crippen LogP contribution in [0.2, 0.25) is 0 Å². The molecule has 13 nitrogen and oxygen atoms in total. The predicted octanol–water partition coefficient (Wildman–Crippen LogP) is 4.06. The van der Waals surface area contributed by atoms with Crippen LogP contribution in [-0.4, -0.2) is 51.7 Å². The average molecular weight is 559 g/mol. The van der Waals surface area contributed by atoms with Crippen molar-refractivity contribution in [1.29, 1.82) is 0 Å². The quantitative estimate of drug-likeness (QED) is 0.0823. The molecule has 5 N–H and O–H groups in total. The molecular formula is C27H34N4O9. The van der Waals surface area contributed by atoms with Crippen LogP contribution in [0.1, 0.15) is 63.0 Å². The molecule has 2 amide bonds. The van der Waals surface area contributed by atoms with E-state index in [0.717, 1.165) is 12.1 Å². The first-order chi connectivity index (χ1) is 18.5. The number of nitrogens with one attached hydrogen (secondary N) is 2. The van der Waals surface area contributed by atoms with Crippen LogP contribution in [0.4, 0.5) is 21.0 Å². The van der Waals surface area contributed by atoms with E-state index in [0.29, 0.717) is 11.3 Å². The second-order valence-electron chi connectivity index (χ2n) is 10.4. The van der Waals surface area contributed by atoms with Gasteiger partial charge in [0.15, 0.2) is 5.78 Å². The lowest BCUT2D eigenvalue weighted by Gasteiger charge is -2.26. The third-order valence-corrected chi connectivity index (χ3v) is 5.62. The summed E-state index contributed by atoms with van der Waals surface area (Å²) in [6, 6.07) is 6.07. The number of benzene rings is 2. The highest BCUT2D eigenvalue weighted by Crippen LogP contribution is 2.34. The number of ketones is 1. The summed E-state index contributed by atoms with van der Waals surface area (Å²) in [5.74, 6) is -2.26. The molecule has 13 heteroatoms. The van der Waals surface area contributed by atoms with Gasteiger partial charge in [0.2, 0.25) is 5.91 Å². The Morgan fingerprint density at radius 2 is 1.62 bits per heavy atom. The molecule has 0 bridgehead atoms. The summed E-state index contributed by atoms with van der Waals surface area (Å²) in [7, 11) is 0. The molecule has 2 rings (SSSR count). The van der Waals surface area contributed by atoms with Crippen molar-refractivity contribution in [2.45, 2.75) is 65.6 Å². The summed E-state index contributed by atoms with van der Waals surface area (Å²) < 4.78 is 10.1. The average Bonchev–Trinajstić information content (AvgIpc) is 2.82. The normalized spacial score (nSPS) is 12.7. The second kappa shape index (κ2) is 12.9. The van der Waals surface area contributed by atoms with E-state index >= 15 is 0 Å². The van der Waals surface area contributed by atoms with Crippen molar-refractivity contribution >= 4 is 35.3 Å². The highest BCUT2D eigenvalue weighted by Gasteiger charge is 2.34. The van der Waals surface area contributed by atoms with E-state index in [1.54, 1.807) is 58.9 Å². The predicted molar refractivity (Wildman–Crippen MR) is 145 cm³/mol. The maximum atomic E-state index is 13.7. The molecule has 0 saturated carbocycles. The number of nitro groups is 1. The lowest BCUT2D eigenvalue weighted by Crippen LogP contribution is -2.53. The number of alkyl carbamates (subject to hydrolysis) is 1. The summed E-state index contributed by atoms with van der Waals surface area (Å²) in [5.41, 5.74) is 4.87. The van der Waals surface area contributed by atoms with Gasteiger partial charge in [0.05, 0.1) is 11.0 Å². The number of nitro benzene ring substituents is 1. The van der Waals surface area contributed by atoms with Gasteiger partial charge >= 0.3 is 12.2 Å². The molecule has 0 aliphatic rings. The summed E-state index contributed by atoms with van der Waals surface area (Å²) in [6.07, 6.45) is -2.62. The summed E-state index contributed by atoms with van der Waals surface area (Å²) in [6.45, 7) is 9.66. The number of Topliss-reactive ketones (excluding diaryl/α,β-unsaturated/α-hetero) is 1. The number of nitrogens with two attached hydrogens (primary N) is 1. The maximum absolute atomic E-state index is 13.7. The van der Waals surface area contributed by atoms with Crippen LogP contribution in [0.15, 0.2) is 36.4 Å². The molecule has 0 radical (unpaired) electrons. The van der Waals surface area contributed by atoms with Crippen molar-refractivity contribution in [1.82, 2.24) is 10.6 Å². The minimum atomic E-state index is -1.68. The number of anilines is 1. The minimum absolute atomic E-state index is 0.0558. The van der Waals surface area contributed by atoms with E-state index in [4.69, 9.17) is 15.2 Å². The lowest BCUT2D eigenvalue weighted by atomic mass is 9.92. The Bertz CT molecular complexity index is 1280. The summed E-state index contributed by atoms with van der Waals surface area (Å²) in [5, 5.41) is 26.1. The van der Waals surface area contributed by atoms with E-state index in [1.165, 1.54) is 6.92 Å². The molecule has 0 aromatic heterocycles. The van der Waals surface area contributed by atoms with Crippen LogP contribution in [0.5, 0.6) is 5.75 Å². The van der Waals surface area contributed by atoms with E-state index in [9.17, 15) is 34.4 Å². The number of ether oxygens (including phenoxy) is 2. The number of nitrogen functional groups attached to an aromatic ring is 1. The molecule has 0 aliphatic carbocycles. The van der Waals surface area contributed by atoms with Crippen LogP contribution >= 0.6 is 0 Å². The molecule has 0 spiro atoms. The Labute approximate surface area is 231 Å². The lowest BCUT2D eigenvalue weighted by molar-refractivity contribution is -0.385. The minimum Gasteiger partial charge on any atom is -0.449 e. The highest BCUT2D eigenvalue weighted by atomic mass is 16.7. The first-order valence-corrected chi connectivity index (χ1v) is 12.4. The molecule has 0 aliphatic heterocycles. The fourth-order valence-electron chi connectivity index (χ4n) is 3.80. The third kappa shape index (κ3) is 8.68. The van der Waals surface area contributed by atoms with Crippen molar-refractivity contribution in [2.75, 3.05) is 5.73 Å². The molecule has 2 aromatic rings. The number of carboxylic acid groups (broad SMARTS) is 1. The number of hydrogen-bond acceptors (Lipinski definition) is 9. The third-order valence-electron chi connectivity index (χ3n) is 5.62. The van der Waals surface area contributed by atoms with Crippen LogP contribution < -0.4 is 21.1 Å². The maximum Gasteiger partial charge on any atom is 0.511 e. The van der Waals surface area contributed by atoms with E-state index in [2.05, 4.69) is 10.6 Å². The molecule has 0 heterocycles. The molecule has 2 atom stereocenters. The van der Waals surface area contributed by atoms with Crippen LogP contribution in [-0.2, 0) is 16.0 Å². The molecular weight excluding hydrogens is 524 g/mol. The molecule has 0 fully saturated rings. The van der Waals surface area contributed by atoms with Gasteiger partial charge in [-0.2, -0.15) is 0 Å². The molecule has 2 aromatic carbocycles. The molecule has 216 valence electrons. The monoisotopic (exact) mass is 558 g/mol. The van der Waals surface area contributed by atoms with E-state index in [-0.39, 0.29) is 17.7 Å². The topological polar surface area (TPSA) is 200 Å². The van der Waals surface area contributed by atoms with Crippen molar-refractivity contribution in [3.63, 3.8) is 0 Å². The SMILES string of the molecule is CC(C)[C@H](NC(=O)OC(C)(C)C)C(=O)N[C@@H](C)C(=O)c1c([N+](=O)[O-])ccc(OC(=O)O)c1Cc1ccc(N)cc1. The standard InChI is InChI=1S/C27H34N4O9/c1-14(2)22(30-25(34)40-27(4,5)6)24(33)29-15(3)23(32)21-18(13-16-7-9-17(28)10-8-16)20(39-26(35)36)12-11-19(21)31(37)38/h7-12,14-15,22H,13,28H2,1-6H3,(H,29,33)(H,30,34)(H,35,36)/t15-,22-/m0/s1. The molecule has 40 heavy (non-hydrogen) atoms. The highest BCUT2D eigenvalue weighted by molar-refractivity contribution is 6.07. The second-order valence-corrected chi connectivity index (χ2v) is 10.4. The van der Waals surface area contributed by atoms with Crippen LogP contribution in [0.3, 0.4) is 0 Å². The largest absolute Gasteiger partial charge is 0.511 e. The zero-order valence-corrected chi connectivity index (χ0v) is 23.1. The smallest absolute Gasteiger partial charge is 0.449 e. The Morgan fingerprint density at radius 1 is 1.02 bits per heavy atom. The number of amides is 2. The Hall–Kier alpha value is -4.68. The Kier molecular flexibility index (Phi) is 10.2. The number of hydrogen-bond donors (Lipinski definition) is 4. The van der Waals surface area contributed by atoms with Gasteiger partial charge in [-0.3, -0.25) is 19.7 Å². The first kappa shape index (κ1) is 31.5. The van der Waals surface area contributed by atoms with E-state index < -0.39 is 63.7 Å². The number of carbonyl (C=O) groups excluding carboxylic acids is 3. The van der Waals surface area contributed by atoms with Crippen molar-refractivity contribution < 1.29 is 38.7 Å². The van der Waals surface area contributed by atoms with Gasteiger partial charge in [0.25, 0.3) is 5.69 Å². The van der Waals surface area contributed by atoms with Gasteiger partial charge in [-0.1, -0.05) is 26.0 Å². The zero-order chi connectivity index (χ0) is 30.4. The van der Waals surface area contributed by atoms with Crippen molar-refractivity contribution in [3.8, 4) is 5.75 Å². The van der Waals surface area contributed by atoms with Crippen LogP contribution in [0.25, 0.3) is 0 Å². The van der Waals surface area contributed by atoms with Gasteiger partial charge in [0.1, 0.15) is 23.0 Å². The number of carbonyl (C=O) groups is 4. The molecule has 0 unspecified atom stereocenters. The van der Waals surface area contributed by atoms with Gasteiger partial charge in [-0.25, -0.2) is 9.59 Å². The zero-order valence-electron chi connectivity index (χ0n) is 23.1. The van der Waals surface area contributed by atoms with Crippen molar-refractivity contribution in [3.05, 3.63) is 63.2 Å². The van der Waals surface area contributed by atoms with E-state index in [1.807, 2.05) is 0 Å². The van der Waals surface area contributed by atoms with Gasteiger partial charge in [0, 0.05) is 23.7 Å². The Morgan fingerprint density at radius 3 is 2.12 bits per heavy atom. The van der Waals surface area contributed by atoms with Gasteiger partial charge < -0.3 is 30.9 Å². The van der Waals surface area contributed by atoms with Gasteiger partial charge in [-0.15, -0.1) is 0 Å². The van der Waals surface area contributed by atoms with Crippen LogP contribution in [0, 0.1) is 16.0 Å². The fraction of sp³-hybridized carbons (Fsp3) is 0.407. The molecule has 0 saturated heterocycles. The number of rotatable bonds is 10. The summed E-state index contributed by atoms with van der Waals surface area (Å²) >= 11 is 0. The summed E-state index contributed by atoms with van der Waals surface area (Å²) in [4.78, 5) is 61.5.